The quantitative estimate of drug-likeness (QED) is 0.625. The van der Waals surface area contributed by atoms with Crippen molar-refractivity contribution in [3.8, 4) is 0 Å². The van der Waals surface area contributed by atoms with Gasteiger partial charge in [0.05, 0.1) is 0 Å². The molecular formula is C14H23N. The van der Waals surface area contributed by atoms with Gasteiger partial charge >= 0.3 is 0 Å². The van der Waals surface area contributed by atoms with E-state index in [1.807, 2.05) is 0 Å². The molecule has 0 spiro atoms. The van der Waals surface area contributed by atoms with E-state index >= 15 is 0 Å². The van der Waals surface area contributed by atoms with E-state index in [0.29, 0.717) is 12.0 Å². The van der Waals surface area contributed by atoms with Crippen LogP contribution in [0.4, 0.5) is 0 Å². The molecule has 2 atom stereocenters. The van der Waals surface area contributed by atoms with Crippen molar-refractivity contribution in [1.29, 1.82) is 0 Å². The smallest absolute Gasteiger partial charge is 0.0343 e. The van der Waals surface area contributed by atoms with Gasteiger partial charge in [0.1, 0.15) is 0 Å². The average Bonchev–Trinajstić information content (AvgIpc) is 2.30. The van der Waals surface area contributed by atoms with Crippen LogP contribution < -0.4 is 0 Å². The van der Waals surface area contributed by atoms with Crippen molar-refractivity contribution in [3.63, 3.8) is 0 Å². The summed E-state index contributed by atoms with van der Waals surface area (Å²) in [5.41, 5.74) is 1.37. The molecule has 1 aliphatic carbocycles. The molecule has 1 aliphatic heterocycles. The predicted octanol–water partition coefficient (Wildman–Crippen LogP) is 3.38. The van der Waals surface area contributed by atoms with Gasteiger partial charge < -0.3 is 0 Å². The first-order valence-corrected chi connectivity index (χ1v) is 6.35. The van der Waals surface area contributed by atoms with Crippen LogP contribution in [0, 0.1) is 5.92 Å². The lowest BCUT2D eigenvalue weighted by atomic mass is 9.83. The highest BCUT2D eigenvalue weighted by molar-refractivity contribution is 5.13. The second-order valence-electron chi connectivity index (χ2n) is 5.05. The van der Waals surface area contributed by atoms with Crippen LogP contribution in [0.1, 0.15) is 39.0 Å². The van der Waals surface area contributed by atoms with E-state index in [4.69, 9.17) is 0 Å². The van der Waals surface area contributed by atoms with Crippen LogP contribution in [0.15, 0.2) is 24.3 Å². The number of nitrogens with zero attached hydrogens (tertiary/aromatic N) is 1. The minimum Gasteiger partial charge on any atom is -0.296 e. The van der Waals surface area contributed by atoms with Gasteiger partial charge in [-0.2, -0.15) is 0 Å². The Labute approximate surface area is 93.9 Å². The van der Waals surface area contributed by atoms with Gasteiger partial charge in [-0.15, -0.1) is 0 Å². The second kappa shape index (κ2) is 4.98. The number of likely N-dealkylation sites (tertiary alicyclic amines) is 1. The summed E-state index contributed by atoms with van der Waals surface area (Å²) in [5.74, 6) is 0.702. The summed E-state index contributed by atoms with van der Waals surface area (Å²) in [6.07, 6.45) is 11.5. The van der Waals surface area contributed by atoms with Crippen molar-refractivity contribution in [3.05, 3.63) is 24.3 Å². The number of rotatable bonds is 2. The zero-order valence-corrected chi connectivity index (χ0v) is 9.91. The highest BCUT2D eigenvalue weighted by atomic mass is 15.2. The molecule has 0 saturated carbocycles. The Kier molecular flexibility index (Phi) is 3.63. The minimum atomic E-state index is 0.650. The van der Waals surface area contributed by atoms with Crippen molar-refractivity contribution in [1.82, 2.24) is 4.90 Å². The maximum Gasteiger partial charge on any atom is 0.0343 e. The zero-order chi connectivity index (χ0) is 10.7. The van der Waals surface area contributed by atoms with Crippen LogP contribution in [-0.2, 0) is 0 Å². The number of allylic oxidation sites excluding steroid dienone is 1. The Morgan fingerprint density at radius 1 is 1.27 bits per heavy atom. The zero-order valence-electron chi connectivity index (χ0n) is 9.91. The van der Waals surface area contributed by atoms with Gasteiger partial charge in [-0.1, -0.05) is 30.7 Å². The molecule has 1 heterocycles. The normalized spacial score (nSPS) is 32.9. The first-order valence-electron chi connectivity index (χ1n) is 6.35. The van der Waals surface area contributed by atoms with Gasteiger partial charge in [-0.05, 0) is 51.6 Å². The Morgan fingerprint density at radius 3 is 2.67 bits per heavy atom. The first-order chi connectivity index (χ1) is 7.29. The molecule has 0 aromatic carbocycles. The molecule has 2 rings (SSSR count). The molecule has 84 valence electrons. The van der Waals surface area contributed by atoms with Crippen LogP contribution in [0.5, 0.6) is 0 Å². The summed E-state index contributed by atoms with van der Waals surface area (Å²) >= 11 is 0. The van der Waals surface area contributed by atoms with E-state index in [-0.39, 0.29) is 0 Å². The largest absolute Gasteiger partial charge is 0.296 e. The summed E-state index contributed by atoms with van der Waals surface area (Å²) in [7, 11) is 0. The van der Waals surface area contributed by atoms with Gasteiger partial charge in [0.2, 0.25) is 0 Å². The lowest BCUT2D eigenvalue weighted by Gasteiger charge is -2.39. The third kappa shape index (κ3) is 2.52. The first kappa shape index (κ1) is 10.9. The highest BCUT2D eigenvalue weighted by Crippen LogP contribution is 2.30. The third-order valence-corrected chi connectivity index (χ3v) is 3.84. The van der Waals surface area contributed by atoms with Gasteiger partial charge in [-0.25, -0.2) is 0 Å². The van der Waals surface area contributed by atoms with E-state index in [2.05, 4.69) is 30.6 Å². The topological polar surface area (TPSA) is 3.24 Å². The fourth-order valence-corrected chi connectivity index (χ4v) is 2.95. The fourth-order valence-electron chi connectivity index (χ4n) is 2.95. The van der Waals surface area contributed by atoms with E-state index in [1.54, 1.807) is 0 Å². The monoisotopic (exact) mass is 205 g/mol. The summed E-state index contributed by atoms with van der Waals surface area (Å²) in [6.45, 7) is 8.94. The standard InChI is InChI=1S/C14H23N/c1-12(2)13-8-4-5-9-14(13)15-10-6-3-7-11-15/h5,9,13-14H,1,3-4,6-8,10-11H2,2H3. The molecule has 1 heteroatoms. The molecule has 2 unspecified atom stereocenters. The summed E-state index contributed by atoms with van der Waals surface area (Å²) in [5, 5.41) is 0. The lowest BCUT2D eigenvalue weighted by molar-refractivity contribution is 0.151. The van der Waals surface area contributed by atoms with Crippen LogP contribution in [0.25, 0.3) is 0 Å². The summed E-state index contributed by atoms with van der Waals surface area (Å²) < 4.78 is 0. The maximum absolute atomic E-state index is 4.16. The molecule has 0 amide bonds. The fraction of sp³-hybridized carbons (Fsp3) is 0.714. The SMILES string of the molecule is C=C(C)C1CCC=CC1N1CCCCC1. The van der Waals surface area contributed by atoms with E-state index in [0.717, 1.165) is 0 Å². The molecule has 0 N–H and O–H groups in total. The maximum atomic E-state index is 4.16. The molecule has 1 nitrogen and oxygen atoms in total. The van der Waals surface area contributed by atoms with Crippen LogP contribution in [0.2, 0.25) is 0 Å². The Hall–Kier alpha value is -0.560. The molecule has 0 aromatic heterocycles. The van der Waals surface area contributed by atoms with Crippen molar-refractivity contribution in [2.24, 2.45) is 5.92 Å². The van der Waals surface area contributed by atoms with Crippen molar-refractivity contribution >= 4 is 0 Å². The van der Waals surface area contributed by atoms with Crippen molar-refractivity contribution in [2.45, 2.75) is 45.1 Å². The lowest BCUT2D eigenvalue weighted by Crippen LogP contribution is -2.43. The molecule has 15 heavy (non-hydrogen) atoms. The molecule has 0 radical (unpaired) electrons. The van der Waals surface area contributed by atoms with Gasteiger partial charge in [0.25, 0.3) is 0 Å². The second-order valence-corrected chi connectivity index (χ2v) is 5.05. The summed E-state index contributed by atoms with van der Waals surface area (Å²) in [6, 6.07) is 0.650. The highest BCUT2D eigenvalue weighted by Gasteiger charge is 2.28. The van der Waals surface area contributed by atoms with Crippen LogP contribution in [0.3, 0.4) is 0 Å². The number of piperidine rings is 1. The molecule has 2 aliphatic rings. The molecule has 1 saturated heterocycles. The number of hydrogen-bond donors (Lipinski definition) is 0. The molecule has 1 fully saturated rings. The van der Waals surface area contributed by atoms with Gasteiger partial charge in [-0.3, -0.25) is 4.90 Å². The van der Waals surface area contributed by atoms with E-state index in [9.17, 15) is 0 Å². The van der Waals surface area contributed by atoms with E-state index < -0.39 is 0 Å². The van der Waals surface area contributed by atoms with Crippen LogP contribution >= 0.6 is 0 Å². The number of hydrogen-bond acceptors (Lipinski definition) is 1. The minimum absolute atomic E-state index is 0.650. The summed E-state index contributed by atoms with van der Waals surface area (Å²) in [4.78, 5) is 2.67. The Bertz CT molecular complexity index is 248. The molecule has 0 aromatic rings. The Morgan fingerprint density at radius 2 is 2.00 bits per heavy atom. The van der Waals surface area contributed by atoms with Gasteiger partial charge in [0, 0.05) is 6.04 Å². The van der Waals surface area contributed by atoms with E-state index in [1.165, 1.54) is 50.8 Å². The predicted molar refractivity (Wildman–Crippen MR) is 65.9 cm³/mol. The Balaban J connectivity index is 2.05. The third-order valence-electron chi connectivity index (χ3n) is 3.84. The molecule has 0 bridgehead atoms. The van der Waals surface area contributed by atoms with Gasteiger partial charge in [0.15, 0.2) is 0 Å². The molecular weight excluding hydrogens is 182 g/mol. The van der Waals surface area contributed by atoms with Crippen molar-refractivity contribution in [2.75, 3.05) is 13.1 Å². The van der Waals surface area contributed by atoms with Crippen molar-refractivity contribution < 1.29 is 0 Å². The van der Waals surface area contributed by atoms with Crippen LogP contribution in [-0.4, -0.2) is 24.0 Å². The average molecular weight is 205 g/mol.